The van der Waals surface area contributed by atoms with Gasteiger partial charge in [-0.2, -0.15) is 0 Å². The number of rotatable bonds is 5. The number of aromatic nitrogens is 2. The third kappa shape index (κ3) is 3.08. The van der Waals surface area contributed by atoms with Gasteiger partial charge in [0, 0.05) is 0 Å². The highest BCUT2D eigenvalue weighted by Crippen LogP contribution is 2.25. The van der Waals surface area contributed by atoms with Crippen LogP contribution in [-0.4, -0.2) is 22.8 Å². The van der Waals surface area contributed by atoms with E-state index in [2.05, 4.69) is 20.9 Å². The van der Waals surface area contributed by atoms with E-state index in [9.17, 15) is 4.39 Å². The maximum absolute atomic E-state index is 11.7. The van der Waals surface area contributed by atoms with E-state index in [1.54, 1.807) is 4.57 Å². The van der Waals surface area contributed by atoms with Gasteiger partial charge in [-0.1, -0.05) is 23.2 Å². The number of hydrogen-bond acceptors (Lipinski definition) is 2. The van der Waals surface area contributed by atoms with Crippen LogP contribution in [0.4, 0.5) is 4.39 Å². The molecule has 1 rings (SSSR count). The average molecular weight is 306 g/mol. The van der Waals surface area contributed by atoms with Crippen molar-refractivity contribution in [3.05, 3.63) is 15.0 Å². The predicted octanol–water partition coefficient (Wildman–Crippen LogP) is 3.29. The van der Waals surface area contributed by atoms with Gasteiger partial charge >= 0.3 is 0 Å². The third-order valence-corrected chi connectivity index (χ3v) is 2.81. The first-order chi connectivity index (χ1) is 6.66. The highest BCUT2D eigenvalue weighted by atomic mass is 79.9. The first-order valence-corrected chi connectivity index (χ1v) is 5.42. The van der Waals surface area contributed by atoms with Crippen LogP contribution in [0.2, 0.25) is 10.3 Å². The van der Waals surface area contributed by atoms with Gasteiger partial charge in [-0.3, -0.25) is 8.96 Å². The molecule has 1 aromatic rings. The van der Waals surface area contributed by atoms with Crippen LogP contribution in [0, 0.1) is 0 Å². The molecule has 0 aliphatic carbocycles. The molecule has 14 heavy (non-hydrogen) atoms. The monoisotopic (exact) mass is 304 g/mol. The highest BCUT2D eigenvalue weighted by Gasteiger charge is 2.11. The van der Waals surface area contributed by atoms with Gasteiger partial charge < -0.3 is 4.74 Å². The van der Waals surface area contributed by atoms with Crippen molar-refractivity contribution in [3.63, 3.8) is 0 Å². The zero-order valence-corrected chi connectivity index (χ0v) is 10.2. The summed E-state index contributed by atoms with van der Waals surface area (Å²) in [5.41, 5.74) is 0. The highest BCUT2D eigenvalue weighted by molar-refractivity contribution is 9.10. The predicted molar refractivity (Wildman–Crippen MR) is 56.5 cm³/mol. The van der Waals surface area contributed by atoms with E-state index in [4.69, 9.17) is 27.9 Å². The molecule has 0 saturated carbocycles. The van der Waals surface area contributed by atoms with E-state index >= 15 is 0 Å². The fraction of sp³-hybridized carbons (Fsp3) is 0.571. The molecule has 0 atom stereocenters. The van der Waals surface area contributed by atoms with Crippen molar-refractivity contribution >= 4 is 39.1 Å². The van der Waals surface area contributed by atoms with Crippen LogP contribution in [0.25, 0.3) is 0 Å². The Morgan fingerprint density at radius 3 is 2.71 bits per heavy atom. The number of ether oxygens (including phenoxy) is 1. The van der Waals surface area contributed by atoms with Crippen molar-refractivity contribution < 1.29 is 9.13 Å². The molecule has 0 aromatic carbocycles. The summed E-state index contributed by atoms with van der Waals surface area (Å²) in [4.78, 5) is 3.87. The Balaban J connectivity index is 2.49. The van der Waals surface area contributed by atoms with Crippen LogP contribution in [0.1, 0.15) is 6.42 Å². The second-order valence-electron chi connectivity index (χ2n) is 2.47. The van der Waals surface area contributed by atoms with E-state index in [-0.39, 0.29) is 18.6 Å². The number of halogens is 4. The van der Waals surface area contributed by atoms with Crippen LogP contribution in [0.3, 0.4) is 0 Å². The van der Waals surface area contributed by atoms with Crippen LogP contribution in [0.15, 0.2) is 4.73 Å². The molecule has 0 aliphatic rings. The summed E-state index contributed by atoms with van der Waals surface area (Å²) in [6.07, 6.45) is 0.373. The van der Waals surface area contributed by atoms with E-state index in [1.807, 2.05) is 0 Å². The molecular weight excluding hydrogens is 298 g/mol. The summed E-state index contributed by atoms with van der Waals surface area (Å²) in [5, 5.41) is 0.520. The van der Waals surface area contributed by atoms with Crippen LogP contribution < -0.4 is 0 Å². The van der Waals surface area contributed by atoms with E-state index < -0.39 is 0 Å². The SMILES string of the molecule is FCCCOCn1c(Br)nc(Cl)c1Cl. The maximum Gasteiger partial charge on any atom is 0.181 e. The fourth-order valence-electron chi connectivity index (χ4n) is 0.802. The van der Waals surface area contributed by atoms with Crippen molar-refractivity contribution in [1.82, 2.24) is 9.55 Å². The van der Waals surface area contributed by atoms with Crippen LogP contribution in [0.5, 0.6) is 0 Å². The molecule has 1 aromatic heterocycles. The molecular formula is C7H8BrCl2FN2O. The smallest absolute Gasteiger partial charge is 0.181 e. The van der Waals surface area contributed by atoms with Crippen molar-refractivity contribution in [2.75, 3.05) is 13.3 Å². The Bertz CT molecular complexity index is 308. The van der Waals surface area contributed by atoms with Gasteiger partial charge in [0.15, 0.2) is 15.0 Å². The molecule has 3 nitrogen and oxygen atoms in total. The topological polar surface area (TPSA) is 27.1 Å². The lowest BCUT2D eigenvalue weighted by Crippen LogP contribution is -2.04. The average Bonchev–Trinajstić information content (AvgIpc) is 2.38. The first kappa shape index (κ1) is 12.2. The number of nitrogens with zero attached hydrogens (tertiary/aromatic N) is 2. The Labute approximate surface area is 99.3 Å². The normalized spacial score (nSPS) is 10.9. The zero-order chi connectivity index (χ0) is 10.6. The molecule has 0 spiro atoms. The quantitative estimate of drug-likeness (QED) is 0.781. The van der Waals surface area contributed by atoms with Crippen molar-refractivity contribution in [2.24, 2.45) is 0 Å². The lowest BCUT2D eigenvalue weighted by Gasteiger charge is -2.05. The van der Waals surface area contributed by atoms with E-state index in [1.165, 1.54) is 0 Å². The molecule has 0 N–H and O–H groups in total. The molecule has 0 radical (unpaired) electrons. The van der Waals surface area contributed by atoms with Crippen molar-refractivity contribution in [1.29, 1.82) is 0 Å². The standard InChI is InChI=1S/C7H8BrCl2FN2O/c8-7-12-5(9)6(10)13(7)4-14-3-1-2-11/h1-4H2. The van der Waals surface area contributed by atoms with E-state index in [0.717, 1.165) is 0 Å². The summed E-state index contributed by atoms with van der Waals surface area (Å²) in [6, 6.07) is 0. The summed E-state index contributed by atoms with van der Waals surface area (Å²) in [7, 11) is 0. The molecule has 0 bridgehead atoms. The minimum atomic E-state index is -0.389. The molecule has 0 fully saturated rings. The van der Waals surface area contributed by atoms with Crippen LogP contribution >= 0.6 is 39.1 Å². The van der Waals surface area contributed by atoms with Crippen molar-refractivity contribution in [3.8, 4) is 0 Å². The van der Waals surface area contributed by atoms with Crippen LogP contribution in [-0.2, 0) is 11.5 Å². The molecule has 7 heteroatoms. The minimum absolute atomic E-state index is 0.207. The van der Waals surface area contributed by atoms with Gasteiger partial charge in [-0.05, 0) is 22.4 Å². The first-order valence-electron chi connectivity index (χ1n) is 3.87. The fourth-order valence-corrected chi connectivity index (χ4v) is 1.82. The zero-order valence-electron chi connectivity index (χ0n) is 7.14. The summed E-state index contributed by atoms with van der Waals surface area (Å²) >= 11 is 14.6. The summed E-state index contributed by atoms with van der Waals surface area (Å²) < 4.78 is 18.9. The van der Waals surface area contributed by atoms with Gasteiger partial charge in [-0.15, -0.1) is 0 Å². The second-order valence-corrected chi connectivity index (χ2v) is 3.90. The Hall–Kier alpha value is 0.160. The summed E-state index contributed by atoms with van der Waals surface area (Å²) in [5.74, 6) is 0. The van der Waals surface area contributed by atoms with Gasteiger partial charge in [0.05, 0.1) is 13.3 Å². The molecule has 0 aliphatic heterocycles. The lowest BCUT2D eigenvalue weighted by molar-refractivity contribution is 0.0705. The van der Waals surface area contributed by atoms with E-state index in [0.29, 0.717) is 22.9 Å². The van der Waals surface area contributed by atoms with Gasteiger partial charge in [0.1, 0.15) is 6.73 Å². The Morgan fingerprint density at radius 2 is 2.21 bits per heavy atom. The second kappa shape index (κ2) is 5.90. The largest absolute Gasteiger partial charge is 0.361 e. The molecule has 0 saturated heterocycles. The van der Waals surface area contributed by atoms with Gasteiger partial charge in [-0.25, -0.2) is 4.98 Å². The number of alkyl halides is 1. The van der Waals surface area contributed by atoms with Gasteiger partial charge in [0.2, 0.25) is 0 Å². The van der Waals surface area contributed by atoms with Crippen molar-refractivity contribution in [2.45, 2.75) is 13.2 Å². The Morgan fingerprint density at radius 1 is 1.50 bits per heavy atom. The maximum atomic E-state index is 11.7. The lowest BCUT2D eigenvalue weighted by atomic mass is 10.5. The minimum Gasteiger partial charge on any atom is -0.361 e. The Kier molecular flexibility index (Phi) is 5.15. The summed E-state index contributed by atoms with van der Waals surface area (Å²) in [6.45, 7) is 0.161. The number of hydrogen-bond donors (Lipinski definition) is 0. The molecule has 0 unspecified atom stereocenters. The molecule has 1 heterocycles. The molecule has 80 valence electrons. The third-order valence-electron chi connectivity index (χ3n) is 1.46. The number of imidazole rings is 1. The molecule has 0 amide bonds. The van der Waals surface area contributed by atoms with Gasteiger partial charge in [0.25, 0.3) is 0 Å².